The zero-order valence-corrected chi connectivity index (χ0v) is 16.5. The van der Waals surface area contributed by atoms with Gasteiger partial charge in [-0.25, -0.2) is 4.79 Å². The van der Waals surface area contributed by atoms with Crippen LogP contribution in [0.2, 0.25) is 0 Å². The Morgan fingerprint density at radius 3 is 2.24 bits per heavy atom. The summed E-state index contributed by atoms with van der Waals surface area (Å²) in [4.78, 5) is 13.8. The molecule has 0 amide bonds. The first-order valence-corrected chi connectivity index (χ1v) is 9.59. The zero-order valence-electron chi connectivity index (χ0n) is 15.6. The van der Waals surface area contributed by atoms with Crippen LogP contribution >= 0.6 is 11.3 Å². The highest BCUT2D eigenvalue weighted by Gasteiger charge is 2.38. The number of hydrogen-bond donors (Lipinski definition) is 1. The molecule has 0 aliphatic heterocycles. The van der Waals surface area contributed by atoms with Crippen LogP contribution in [0, 0.1) is 0 Å². The summed E-state index contributed by atoms with van der Waals surface area (Å²) in [5.41, 5.74) is 4.57. The average Bonchev–Trinajstić information content (AvgIpc) is 3.00. The van der Waals surface area contributed by atoms with Crippen molar-refractivity contribution < 1.29 is 9.90 Å². The van der Waals surface area contributed by atoms with E-state index >= 15 is 0 Å². The van der Waals surface area contributed by atoms with Gasteiger partial charge in [-0.15, -0.1) is 11.3 Å². The van der Waals surface area contributed by atoms with Crippen LogP contribution in [0.3, 0.4) is 0 Å². The van der Waals surface area contributed by atoms with Crippen molar-refractivity contribution in [2.24, 2.45) is 0 Å². The van der Waals surface area contributed by atoms with Gasteiger partial charge in [0, 0.05) is 9.75 Å². The molecule has 1 aromatic heterocycles. The molecule has 132 valence electrons. The minimum Gasteiger partial charge on any atom is -0.478 e. The van der Waals surface area contributed by atoms with E-state index in [4.69, 9.17) is 5.11 Å². The molecule has 0 fully saturated rings. The van der Waals surface area contributed by atoms with Crippen LogP contribution in [0.5, 0.6) is 0 Å². The van der Waals surface area contributed by atoms with Crippen LogP contribution in [0.25, 0.3) is 11.6 Å². The summed E-state index contributed by atoms with van der Waals surface area (Å²) < 4.78 is 0. The summed E-state index contributed by atoms with van der Waals surface area (Å²) >= 11 is 1.92. The fraction of sp³-hybridized carbons (Fsp3) is 0.409. The summed E-state index contributed by atoms with van der Waals surface area (Å²) in [6.45, 7) is 11.5. The maximum atomic E-state index is 11.0. The average molecular weight is 355 g/mol. The van der Waals surface area contributed by atoms with Crippen molar-refractivity contribution in [1.82, 2.24) is 0 Å². The lowest BCUT2D eigenvalue weighted by Gasteiger charge is -2.39. The Kier molecular flexibility index (Phi) is 4.40. The molecule has 1 N–H and O–H groups in total. The molecule has 1 heterocycles. The highest BCUT2D eigenvalue weighted by Crippen LogP contribution is 2.50. The molecule has 3 heteroatoms. The Balaban J connectivity index is 1.97. The molecule has 1 aromatic carbocycles. The van der Waals surface area contributed by atoms with Gasteiger partial charge >= 0.3 is 5.97 Å². The monoisotopic (exact) mass is 354 g/mol. The number of fused-ring (bicyclic) bond motifs is 1. The Hall–Kier alpha value is -1.87. The summed E-state index contributed by atoms with van der Waals surface area (Å²) in [5.74, 6) is -0.886. The predicted molar refractivity (Wildman–Crippen MR) is 107 cm³/mol. The molecule has 0 spiro atoms. The number of carboxylic acid groups (broad SMARTS) is 1. The molecular formula is C22H26O2S. The largest absolute Gasteiger partial charge is 0.478 e. The summed E-state index contributed by atoms with van der Waals surface area (Å²) in [7, 11) is 0. The summed E-state index contributed by atoms with van der Waals surface area (Å²) in [6, 6.07) is 9.43. The first-order chi connectivity index (χ1) is 11.6. The van der Waals surface area contributed by atoms with Crippen LogP contribution in [0.1, 0.15) is 78.7 Å². The van der Waals surface area contributed by atoms with Gasteiger partial charge in [-0.2, -0.15) is 0 Å². The zero-order chi connectivity index (χ0) is 18.4. The molecule has 0 bridgehead atoms. The van der Waals surface area contributed by atoms with Crippen molar-refractivity contribution in [3.63, 3.8) is 0 Å². The van der Waals surface area contributed by atoms with Crippen molar-refractivity contribution >= 4 is 29.0 Å². The number of hydrogen-bond acceptors (Lipinski definition) is 2. The van der Waals surface area contributed by atoms with E-state index in [1.165, 1.54) is 33.7 Å². The molecule has 2 nitrogen and oxygen atoms in total. The Morgan fingerprint density at radius 1 is 1.08 bits per heavy atom. The molecule has 0 saturated carbocycles. The summed E-state index contributed by atoms with van der Waals surface area (Å²) in [5, 5.41) is 9.01. The van der Waals surface area contributed by atoms with Gasteiger partial charge in [0.05, 0.1) is 5.56 Å². The van der Waals surface area contributed by atoms with Crippen molar-refractivity contribution in [1.29, 1.82) is 0 Å². The Bertz CT molecular complexity index is 802. The van der Waals surface area contributed by atoms with Crippen LogP contribution < -0.4 is 0 Å². The third-order valence-corrected chi connectivity index (χ3v) is 7.02. The fourth-order valence-electron chi connectivity index (χ4n) is 3.51. The van der Waals surface area contributed by atoms with Crippen molar-refractivity contribution in [3.8, 4) is 0 Å². The normalized spacial score (nSPS) is 18.7. The number of rotatable bonds is 3. The first-order valence-electron chi connectivity index (χ1n) is 8.77. The second kappa shape index (κ2) is 6.14. The Labute approximate surface area is 154 Å². The minimum absolute atomic E-state index is 0.239. The van der Waals surface area contributed by atoms with Gasteiger partial charge in [0.25, 0.3) is 0 Å². The van der Waals surface area contributed by atoms with Gasteiger partial charge in [0.15, 0.2) is 0 Å². The molecule has 0 atom stereocenters. The van der Waals surface area contributed by atoms with Crippen LogP contribution in [-0.2, 0) is 10.8 Å². The standard InChI is InChI=1S/C22H26O2S/c1-14(12-15-6-8-16(9-7-15)20(23)24)18-13-17-19(25-18)22(4,5)11-10-21(17,2)3/h6-9,12-13H,10-11H2,1-5H3,(H,23,24)/b14-12+. The number of aromatic carboxylic acids is 1. The van der Waals surface area contributed by atoms with E-state index in [1.54, 1.807) is 12.1 Å². The van der Waals surface area contributed by atoms with E-state index in [2.05, 4.69) is 46.8 Å². The van der Waals surface area contributed by atoms with Gasteiger partial charge in [0.2, 0.25) is 0 Å². The van der Waals surface area contributed by atoms with Gasteiger partial charge in [-0.3, -0.25) is 0 Å². The quantitative estimate of drug-likeness (QED) is 0.696. The van der Waals surface area contributed by atoms with Crippen LogP contribution in [0.15, 0.2) is 30.3 Å². The molecule has 1 aliphatic rings. The molecule has 2 aromatic rings. The molecule has 0 unspecified atom stereocenters. The lowest BCUT2D eigenvalue weighted by molar-refractivity contribution is 0.0697. The molecule has 0 radical (unpaired) electrons. The Morgan fingerprint density at radius 2 is 1.68 bits per heavy atom. The maximum Gasteiger partial charge on any atom is 0.335 e. The fourth-order valence-corrected chi connectivity index (χ4v) is 4.95. The molecule has 0 saturated heterocycles. The molecule has 3 rings (SSSR count). The smallest absolute Gasteiger partial charge is 0.335 e. The molecular weight excluding hydrogens is 328 g/mol. The van der Waals surface area contributed by atoms with Crippen LogP contribution in [0.4, 0.5) is 0 Å². The maximum absolute atomic E-state index is 11.0. The van der Waals surface area contributed by atoms with E-state index in [9.17, 15) is 4.79 Å². The number of carbonyl (C=O) groups is 1. The number of thiophene rings is 1. The van der Waals surface area contributed by atoms with E-state index in [0.29, 0.717) is 5.56 Å². The minimum atomic E-state index is -0.886. The van der Waals surface area contributed by atoms with Crippen LogP contribution in [-0.4, -0.2) is 11.1 Å². The lowest BCUT2D eigenvalue weighted by Crippen LogP contribution is -2.31. The highest BCUT2D eigenvalue weighted by atomic mass is 32.1. The van der Waals surface area contributed by atoms with Gasteiger partial charge < -0.3 is 5.11 Å². The predicted octanol–water partition coefficient (Wildman–Crippen LogP) is 6.36. The molecule has 1 aliphatic carbocycles. The van der Waals surface area contributed by atoms with E-state index < -0.39 is 5.97 Å². The highest BCUT2D eigenvalue weighted by molar-refractivity contribution is 7.13. The van der Waals surface area contributed by atoms with Gasteiger partial charge in [-0.05, 0) is 65.5 Å². The third-order valence-electron chi connectivity index (χ3n) is 5.38. The second-order valence-electron chi connectivity index (χ2n) is 8.38. The van der Waals surface area contributed by atoms with Gasteiger partial charge in [-0.1, -0.05) is 45.9 Å². The number of benzene rings is 1. The van der Waals surface area contributed by atoms with E-state index in [1.807, 2.05) is 23.5 Å². The van der Waals surface area contributed by atoms with E-state index in [0.717, 1.165) is 5.56 Å². The number of carboxylic acids is 1. The third kappa shape index (κ3) is 3.43. The van der Waals surface area contributed by atoms with E-state index in [-0.39, 0.29) is 10.8 Å². The summed E-state index contributed by atoms with van der Waals surface area (Å²) in [6.07, 6.45) is 4.60. The molecule has 25 heavy (non-hydrogen) atoms. The second-order valence-corrected chi connectivity index (χ2v) is 9.43. The first kappa shape index (κ1) is 17.9. The topological polar surface area (TPSA) is 37.3 Å². The number of allylic oxidation sites excluding steroid dienone is 1. The lowest BCUT2D eigenvalue weighted by atomic mass is 9.67. The van der Waals surface area contributed by atoms with Crippen molar-refractivity contribution in [2.45, 2.75) is 58.3 Å². The van der Waals surface area contributed by atoms with Crippen molar-refractivity contribution in [2.75, 3.05) is 0 Å². The van der Waals surface area contributed by atoms with Crippen molar-refractivity contribution in [3.05, 3.63) is 56.8 Å². The SMILES string of the molecule is C/C(=C\c1ccc(C(=O)O)cc1)c1cc2c(s1)C(C)(C)CCC2(C)C. The van der Waals surface area contributed by atoms with Gasteiger partial charge in [0.1, 0.15) is 0 Å².